The first-order valence-electron chi connectivity index (χ1n) is 7.48. The highest BCUT2D eigenvalue weighted by molar-refractivity contribution is 5.90. The van der Waals surface area contributed by atoms with E-state index >= 15 is 0 Å². The Labute approximate surface area is 135 Å². The number of nitrogens with zero attached hydrogens (tertiary/aromatic N) is 4. The van der Waals surface area contributed by atoms with Gasteiger partial charge in [0.25, 0.3) is 0 Å². The topological polar surface area (TPSA) is 87.9 Å². The fourth-order valence-corrected chi connectivity index (χ4v) is 2.54. The van der Waals surface area contributed by atoms with E-state index in [9.17, 15) is 14.7 Å². The van der Waals surface area contributed by atoms with Crippen molar-refractivity contribution in [3.8, 4) is 0 Å². The Hall–Kier alpha value is -2.09. The second-order valence-corrected chi connectivity index (χ2v) is 6.86. The maximum Gasteiger partial charge on any atom is 0.408 e. The predicted octanol–water partition coefficient (Wildman–Crippen LogP) is 2.12. The van der Waals surface area contributed by atoms with Crippen LogP contribution in [0.25, 0.3) is 0 Å². The number of hydrogen-bond donors (Lipinski definition) is 1. The molecule has 0 saturated heterocycles. The van der Waals surface area contributed by atoms with E-state index in [0.717, 1.165) is 10.8 Å². The summed E-state index contributed by atoms with van der Waals surface area (Å²) in [4.78, 5) is 34.4. The number of hydroxylamine groups is 2. The summed E-state index contributed by atoms with van der Waals surface area (Å²) in [5.74, 6) is -0.0633. The molecule has 128 valence electrons. The average molecular weight is 324 g/mol. The molecule has 0 bridgehead atoms. The van der Waals surface area contributed by atoms with Gasteiger partial charge in [0, 0.05) is 13.1 Å². The van der Waals surface area contributed by atoms with Gasteiger partial charge in [-0.1, -0.05) is 20.8 Å². The third kappa shape index (κ3) is 3.03. The molecule has 1 unspecified atom stereocenters. The zero-order valence-corrected chi connectivity index (χ0v) is 14.5. The van der Waals surface area contributed by atoms with E-state index in [1.165, 1.54) is 19.1 Å². The minimum Gasteiger partial charge on any atom is -0.465 e. The van der Waals surface area contributed by atoms with E-state index in [1.54, 1.807) is 0 Å². The van der Waals surface area contributed by atoms with Crippen LogP contribution in [0.1, 0.15) is 55.7 Å². The Morgan fingerprint density at radius 1 is 1.35 bits per heavy atom. The van der Waals surface area contributed by atoms with Crippen LogP contribution in [0.4, 0.5) is 4.79 Å². The van der Waals surface area contributed by atoms with E-state index in [4.69, 9.17) is 4.84 Å². The first-order chi connectivity index (χ1) is 10.6. The second kappa shape index (κ2) is 5.84. The van der Waals surface area contributed by atoms with Crippen LogP contribution in [0.5, 0.6) is 0 Å². The lowest BCUT2D eigenvalue weighted by atomic mass is 9.87. The summed E-state index contributed by atoms with van der Waals surface area (Å²) in [6.45, 7) is 8.66. The number of carbonyl (C=O) groups is 2. The Kier molecular flexibility index (Phi) is 4.39. The molecule has 1 aromatic heterocycles. The SMILES string of the molecule is CON(C)C(=O)c1nc2c(n1C(C)C(C)(C)C)CN(C(=O)O)C2. The summed E-state index contributed by atoms with van der Waals surface area (Å²) in [6.07, 6.45) is -0.986. The summed E-state index contributed by atoms with van der Waals surface area (Å²) in [5, 5.41) is 10.3. The Morgan fingerprint density at radius 3 is 2.43 bits per heavy atom. The summed E-state index contributed by atoms with van der Waals surface area (Å²) < 4.78 is 1.86. The van der Waals surface area contributed by atoms with Crippen LogP contribution in [0, 0.1) is 5.41 Å². The lowest BCUT2D eigenvalue weighted by Crippen LogP contribution is -2.33. The van der Waals surface area contributed by atoms with Crippen molar-refractivity contribution in [2.24, 2.45) is 5.41 Å². The number of fused-ring (bicyclic) bond motifs is 1. The number of imidazole rings is 1. The largest absolute Gasteiger partial charge is 0.465 e. The lowest BCUT2D eigenvalue weighted by molar-refractivity contribution is -0.0769. The average Bonchev–Trinajstić information content (AvgIpc) is 3.01. The quantitative estimate of drug-likeness (QED) is 0.860. The molecule has 8 heteroatoms. The molecule has 8 nitrogen and oxygen atoms in total. The van der Waals surface area contributed by atoms with Crippen molar-refractivity contribution in [2.45, 2.75) is 46.8 Å². The smallest absolute Gasteiger partial charge is 0.408 e. The van der Waals surface area contributed by atoms with E-state index in [0.29, 0.717) is 5.69 Å². The first kappa shape index (κ1) is 17.3. The van der Waals surface area contributed by atoms with Crippen molar-refractivity contribution < 1.29 is 19.5 Å². The number of rotatable bonds is 3. The zero-order valence-electron chi connectivity index (χ0n) is 14.5. The normalized spacial score (nSPS) is 15.5. The molecule has 0 radical (unpaired) electrons. The Bertz CT molecular complexity index is 632. The third-order valence-corrected chi connectivity index (χ3v) is 4.44. The molecule has 2 heterocycles. The highest BCUT2D eigenvalue weighted by atomic mass is 16.7. The lowest BCUT2D eigenvalue weighted by Gasteiger charge is -2.31. The first-order valence-corrected chi connectivity index (χ1v) is 7.48. The van der Waals surface area contributed by atoms with Crippen LogP contribution < -0.4 is 0 Å². The number of aromatic nitrogens is 2. The number of hydrogen-bond acceptors (Lipinski definition) is 4. The van der Waals surface area contributed by atoms with E-state index < -0.39 is 6.09 Å². The van der Waals surface area contributed by atoms with Crippen LogP contribution in [0.3, 0.4) is 0 Å². The molecule has 0 aliphatic carbocycles. The van der Waals surface area contributed by atoms with Crippen LogP contribution in [0.15, 0.2) is 0 Å². The van der Waals surface area contributed by atoms with Gasteiger partial charge in [0.2, 0.25) is 5.82 Å². The summed E-state index contributed by atoms with van der Waals surface area (Å²) >= 11 is 0. The molecule has 1 aliphatic heterocycles. The molecule has 1 atom stereocenters. The van der Waals surface area contributed by atoms with Crippen molar-refractivity contribution in [2.75, 3.05) is 14.2 Å². The van der Waals surface area contributed by atoms with Gasteiger partial charge >= 0.3 is 12.0 Å². The Balaban J connectivity index is 2.52. The van der Waals surface area contributed by atoms with Gasteiger partial charge in [0.1, 0.15) is 0 Å². The van der Waals surface area contributed by atoms with Gasteiger partial charge in [-0.05, 0) is 12.3 Å². The molecule has 0 fully saturated rings. The van der Waals surface area contributed by atoms with Gasteiger partial charge in [-0.3, -0.25) is 14.5 Å². The van der Waals surface area contributed by atoms with Gasteiger partial charge in [-0.25, -0.2) is 14.8 Å². The highest BCUT2D eigenvalue weighted by Gasteiger charge is 2.36. The van der Waals surface area contributed by atoms with Crippen molar-refractivity contribution in [3.05, 3.63) is 17.2 Å². The number of amides is 2. The third-order valence-electron chi connectivity index (χ3n) is 4.44. The highest BCUT2D eigenvalue weighted by Crippen LogP contribution is 2.36. The number of carboxylic acid groups (broad SMARTS) is 1. The van der Waals surface area contributed by atoms with Gasteiger partial charge in [-0.15, -0.1) is 0 Å². The van der Waals surface area contributed by atoms with Gasteiger partial charge in [-0.2, -0.15) is 0 Å². The Morgan fingerprint density at radius 2 is 1.96 bits per heavy atom. The molecule has 1 N–H and O–H groups in total. The molecule has 1 aliphatic rings. The maximum absolute atomic E-state index is 12.5. The van der Waals surface area contributed by atoms with Crippen LogP contribution in [-0.4, -0.2) is 50.8 Å². The van der Waals surface area contributed by atoms with Crippen molar-refractivity contribution in [1.82, 2.24) is 19.5 Å². The van der Waals surface area contributed by atoms with Gasteiger partial charge in [0.15, 0.2) is 0 Å². The fraction of sp³-hybridized carbons (Fsp3) is 0.667. The van der Waals surface area contributed by atoms with Crippen LogP contribution >= 0.6 is 0 Å². The van der Waals surface area contributed by atoms with Crippen molar-refractivity contribution in [3.63, 3.8) is 0 Å². The maximum atomic E-state index is 12.5. The number of carbonyl (C=O) groups excluding carboxylic acids is 1. The molecule has 1 aromatic rings. The molecule has 0 spiro atoms. The van der Waals surface area contributed by atoms with Gasteiger partial charge in [0.05, 0.1) is 31.6 Å². The summed E-state index contributed by atoms with van der Waals surface area (Å²) in [5.41, 5.74) is 1.30. The fourth-order valence-electron chi connectivity index (χ4n) is 2.54. The molecule has 0 saturated carbocycles. The van der Waals surface area contributed by atoms with Crippen molar-refractivity contribution in [1.29, 1.82) is 0 Å². The minimum absolute atomic E-state index is 0.0308. The van der Waals surface area contributed by atoms with Crippen molar-refractivity contribution >= 4 is 12.0 Å². The molecular formula is C15H24N4O4. The predicted molar refractivity (Wildman–Crippen MR) is 82.8 cm³/mol. The van der Waals surface area contributed by atoms with Gasteiger partial charge < -0.3 is 9.67 Å². The molecular weight excluding hydrogens is 300 g/mol. The standard InChI is InChI=1S/C15H24N4O4/c1-9(15(2,3)4)19-11-8-18(14(21)22)7-10(11)16-12(19)13(20)17(5)23-6/h9H,7-8H2,1-6H3,(H,21,22). The second-order valence-electron chi connectivity index (χ2n) is 6.86. The van der Waals surface area contributed by atoms with Crippen LogP contribution in [0.2, 0.25) is 0 Å². The minimum atomic E-state index is -0.986. The summed E-state index contributed by atoms with van der Waals surface area (Å²) in [6, 6.07) is -0.0308. The van der Waals surface area contributed by atoms with E-state index in [2.05, 4.69) is 25.8 Å². The molecule has 2 amide bonds. The summed E-state index contributed by atoms with van der Waals surface area (Å²) in [7, 11) is 2.94. The van der Waals surface area contributed by atoms with E-state index in [-0.39, 0.29) is 36.3 Å². The van der Waals surface area contributed by atoms with E-state index in [1.807, 2.05) is 11.5 Å². The molecule has 0 aromatic carbocycles. The van der Waals surface area contributed by atoms with Crippen LogP contribution in [-0.2, 0) is 17.9 Å². The molecule has 23 heavy (non-hydrogen) atoms. The molecule has 2 rings (SSSR count). The monoisotopic (exact) mass is 324 g/mol. The zero-order chi connectivity index (χ0) is 17.5.